The highest BCUT2D eigenvalue weighted by atomic mass is 16.3. The minimum atomic E-state index is -0.556. The van der Waals surface area contributed by atoms with Gasteiger partial charge >= 0.3 is 0 Å². The Morgan fingerprint density at radius 1 is 0.571 bits per heavy atom. The molecule has 0 aromatic carbocycles. The van der Waals surface area contributed by atoms with E-state index in [0.717, 1.165) is 4.57 Å². The Bertz CT molecular complexity index is 2340. The summed E-state index contributed by atoms with van der Waals surface area (Å²) in [6.45, 7) is 4.79. The van der Waals surface area contributed by atoms with E-state index in [0.29, 0.717) is 41.5 Å². The minimum absolute atomic E-state index is 0.00486. The second-order valence-electron chi connectivity index (χ2n) is 12.0. The number of carbonyl (C=O) groups excluding carboxylic acids is 4. The van der Waals surface area contributed by atoms with Gasteiger partial charge in [0.25, 0.3) is 11.1 Å². The monoisotopic (exact) mass is 670 g/mol. The zero-order chi connectivity index (χ0) is 35.9. The van der Waals surface area contributed by atoms with Crippen molar-refractivity contribution in [2.24, 2.45) is 7.05 Å². The Morgan fingerprint density at radius 2 is 1.08 bits per heavy atom. The van der Waals surface area contributed by atoms with E-state index in [4.69, 9.17) is 10.2 Å². The highest BCUT2D eigenvalue weighted by Crippen LogP contribution is 2.30. The fourth-order valence-electron chi connectivity index (χ4n) is 6.42. The number of nitrogens with one attached hydrogen (secondary N) is 2. The van der Waals surface area contributed by atoms with Crippen molar-refractivity contribution < 1.29 is 29.4 Å². The van der Waals surface area contributed by atoms with Crippen molar-refractivity contribution in [1.29, 1.82) is 0 Å². The first-order valence-electron chi connectivity index (χ1n) is 15.6. The number of pyridine rings is 4. The number of hydrogen-bond acceptors (Lipinski definition) is 10. The molecule has 4 aromatic rings. The molecule has 14 nitrogen and oxygen atoms in total. The van der Waals surface area contributed by atoms with Gasteiger partial charge in [-0.1, -0.05) is 0 Å². The van der Waals surface area contributed by atoms with Crippen molar-refractivity contribution in [3.05, 3.63) is 133 Å². The van der Waals surface area contributed by atoms with Gasteiger partial charge in [-0.2, -0.15) is 0 Å². The largest absolute Gasteiger partial charge is 0.396 e. The van der Waals surface area contributed by atoms with Gasteiger partial charge in [-0.15, -0.1) is 0 Å². The fraction of sp³-hybridized carbons (Fsp3) is 0.314. The van der Waals surface area contributed by atoms with Gasteiger partial charge in [0, 0.05) is 51.1 Å². The summed E-state index contributed by atoms with van der Waals surface area (Å²) in [5.41, 5.74) is 0.598. The summed E-state index contributed by atoms with van der Waals surface area (Å²) in [5, 5.41) is 18.0. The van der Waals surface area contributed by atoms with Gasteiger partial charge < -0.3 is 29.3 Å². The van der Waals surface area contributed by atoms with Crippen molar-refractivity contribution in [1.82, 2.24) is 19.1 Å². The number of aromatic nitrogens is 4. The van der Waals surface area contributed by atoms with Crippen LogP contribution in [-0.4, -0.2) is 65.7 Å². The molecule has 49 heavy (non-hydrogen) atoms. The number of aromatic amines is 2. The number of rotatable bonds is 7. The number of H-pyrrole nitrogens is 2. The number of fused-ring (bicyclic) bond motifs is 4. The molecule has 0 aliphatic heterocycles. The molecule has 2 aliphatic carbocycles. The molecule has 0 atom stereocenters. The van der Waals surface area contributed by atoms with Crippen LogP contribution in [0.1, 0.15) is 106 Å². The lowest BCUT2D eigenvalue weighted by molar-refractivity contribution is 0.0964. The Balaban J connectivity index is 0.000000191. The van der Waals surface area contributed by atoms with E-state index in [2.05, 4.69) is 9.97 Å². The predicted molar refractivity (Wildman–Crippen MR) is 176 cm³/mol. The van der Waals surface area contributed by atoms with Crippen molar-refractivity contribution >= 4 is 23.1 Å². The average Bonchev–Trinajstić information content (AvgIpc) is 3.03. The van der Waals surface area contributed by atoms with Crippen LogP contribution in [0, 0.1) is 20.8 Å². The molecule has 0 fully saturated rings. The van der Waals surface area contributed by atoms with Crippen LogP contribution in [0.4, 0.5) is 0 Å². The highest BCUT2D eigenvalue weighted by Gasteiger charge is 2.37. The summed E-state index contributed by atoms with van der Waals surface area (Å²) in [4.78, 5) is 105. The van der Waals surface area contributed by atoms with E-state index in [1.807, 2.05) is 0 Å². The number of nitrogens with zero attached hydrogens (tertiary/aromatic N) is 2. The van der Waals surface area contributed by atoms with E-state index in [1.54, 1.807) is 20.8 Å². The average molecular weight is 671 g/mol. The fourth-order valence-corrected chi connectivity index (χ4v) is 6.42. The van der Waals surface area contributed by atoms with E-state index in [-0.39, 0.29) is 82.8 Å². The molecule has 2 aliphatic rings. The van der Waals surface area contributed by atoms with E-state index < -0.39 is 33.8 Å². The summed E-state index contributed by atoms with van der Waals surface area (Å²) in [6, 6.07) is 5.23. The van der Waals surface area contributed by atoms with Crippen LogP contribution in [0.2, 0.25) is 0 Å². The molecule has 0 spiro atoms. The van der Waals surface area contributed by atoms with Crippen molar-refractivity contribution in [2.45, 2.75) is 53.0 Å². The number of aliphatic hydroxyl groups excluding tert-OH is 2. The van der Waals surface area contributed by atoms with Crippen LogP contribution >= 0.6 is 0 Å². The lowest BCUT2D eigenvalue weighted by atomic mass is 9.84. The first-order valence-corrected chi connectivity index (χ1v) is 15.6. The molecule has 6 rings (SSSR count). The molecule has 4 aromatic heterocycles. The molecular weight excluding hydrogens is 636 g/mol. The Morgan fingerprint density at radius 3 is 1.63 bits per heavy atom. The predicted octanol–water partition coefficient (Wildman–Crippen LogP) is 0.784. The third-order valence-corrected chi connectivity index (χ3v) is 8.70. The number of carbonyl (C=O) groups is 4. The normalized spacial score (nSPS) is 12.9. The molecule has 0 saturated carbocycles. The zero-order valence-corrected chi connectivity index (χ0v) is 27.3. The maximum Gasteiger partial charge on any atom is 0.251 e. The number of aryl methyl sites for hydroxylation is 4. The van der Waals surface area contributed by atoms with Crippen LogP contribution in [-0.2, 0) is 20.0 Å². The van der Waals surface area contributed by atoms with E-state index >= 15 is 0 Å². The third kappa shape index (κ3) is 6.00. The van der Waals surface area contributed by atoms with Crippen LogP contribution in [0.3, 0.4) is 0 Å². The number of hydrogen-bond donors (Lipinski definition) is 4. The standard InChI is InChI=1S/C18H18N2O5.C17H16N2O5/c1-9-7-11(22)19-15-13(9)17(24)14-10(5-3-4-6-21)8-12(23)20(2)16(14)18(15)25;1-8-6-10(21)18-14-12(8)16(23)13-9(2)7-11(22)19(4-3-5-20)15(13)17(14)24/h7-8,21H,3-6H2,1-2H3,(H,19,22);6-7,20H,3-5H2,1-2H3,(H,18,21). The molecule has 0 unspecified atom stereocenters. The van der Waals surface area contributed by atoms with Crippen LogP contribution in [0.25, 0.3) is 0 Å². The number of unbranched alkanes of at least 4 members (excludes halogenated alkanes) is 1. The molecule has 14 heteroatoms. The smallest absolute Gasteiger partial charge is 0.251 e. The van der Waals surface area contributed by atoms with Crippen LogP contribution < -0.4 is 22.2 Å². The van der Waals surface area contributed by atoms with Gasteiger partial charge in [-0.25, -0.2) is 0 Å². The maximum atomic E-state index is 13.1. The second kappa shape index (κ2) is 13.5. The summed E-state index contributed by atoms with van der Waals surface area (Å²) in [5.74, 6) is -1.84. The third-order valence-electron chi connectivity index (χ3n) is 8.70. The Hall–Kier alpha value is -5.60. The minimum Gasteiger partial charge on any atom is -0.396 e. The molecule has 0 radical (unpaired) electrons. The molecule has 4 heterocycles. The first-order chi connectivity index (χ1) is 23.2. The molecule has 4 N–H and O–H groups in total. The highest BCUT2D eigenvalue weighted by molar-refractivity contribution is 6.28. The Kier molecular flexibility index (Phi) is 9.56. The van der Waals surface area contributed by atoms with Crippen LogP contribution in [0.15, 0.2) is 43.4 Å². The summed E-state index contributed by atoms with van der Waals surface area (Å²) >= 11 is 0. The topological polar surface area (TPSA) is 218 Å². The molecule has 0 bridgehead atoms. The number of aliphatic hydroxyl groups is 2. The van der Waals surface area contributed by atoms with Crippen LogP contribution in [0.5, 0.6) is 0 Å². The quantitative estimate of drug-likeness (QED) is 0.175. The van der Waals surface area contributed by atoms with E-state index in [1.165, 1.54) is 35.9 Å². The van der Waals surface area contributed by atoms with E-state index in [9.17, 15) is 38.4 Å². The van der Waals surface area contributed by atoms with Gasteiger partial charge in [0.1, 0.15) is 22.8 Å². The van der Waals surface area contributed by atoms with Gasteiger partial charge in [0.05, 0.1) is 22.3 Å². The zero-order valence-electron chi connectivity index (χ0n) is 27.3. The molecular formula is C35H34N4O10. The number of ketones is 4. The summed E-state index contributed by atoms with van der Waals surface area (Å²) < 4.78 is 2.34. The molecule has 0 saturated heterocycles. The SMILES string of the molecule is Cc1cc(=O)[nH]c2c1C(=O)c1c(C)cc(=O)n(CCCO)c1C2=O.Cc1cc(=O)[nH]c2c1C(=O)c1c(CCCCO)cc(=O)n(C)c1C2=O. The molecule has 254 valence electrons. The molecule has 0 amide bonds. The summed E-state index contributed by atoms with van der Waals surface area (Å²) in [6.07, 6.45) is 1.81. The maximum absolute atomic E-state index is 13.1. The first kappa shape index (κ1) is 34.7. The van der Waals surface area contributed by atoms with Crippen molar-refractivity contribution in [3.8, 4) is 0 Å². The van der Waals surface area contributed by atoms with Gasteiger partial charge in [-0.3, -0.25) is 38.4 Å². The van der Waals surface area contributed by atoms with Gasteiger partial charge in [0.15, 0.2) is 11.6 Å². The lowest BCUT2D eigenvalue weighted by Crippen LogP contribution is -2.36. The second-order valence-corrected chi connectivity index (χ2v) is 12.0. The van der Waals surface area contributed by atoms with Gasteiger partial charge in [0.2, 0.25) is 22.7 Å². The van der Waals surface area contributed by atoms with Crippen molar-refractivity contribution in [2.75, 3.05) is 13.2 Å². The van der Waals surface area contributed by atoms with Crippen molar-refractivity contribution in [3.63, 3.8) is 0 Å². The summed E-state index contributed by atoms with van der Waals surface area (Å²) in [7, 11) is 1.43. The van der Waals surface area contributed by atoms with Gasteiger partial charge in [-0.05, 0) is 68.7 Å². The lowest BCUT2D eigenvalue weighted by Gasteiger charge is -2.23. The Labute approximate surface area is 277 Å².